The Hall–Kier alpha value is -1.71. The van der Waals surface area contributed by atoms with E-state index in [1.54, 1.807) is 6.07 Å². The summed E-state index contributed by atoms with van der Waals surface area (Å²) >= 11 is 1.53. The number of hydrogen-bond donors (Lipinski definition) is 1. The quantitative estimate of drug-likeness (QED) is 0.736. The molecule has 0 fully saturated rings. The number of halogens is 1. The largest absolute Gasteiger partial charge is 0.388 e. The second kappa shape index (κ2) is 5.73. The van der Waals surface area contributed by atoms with E-state index in [0.29, 0.717) is 6.42 Å². The van der Waals surface area contributed by atoms with Crippen molar-refractivity contribution in [2.75, 3.05) is 0 Å². The molecule has 1 N–H and O–H groups in total. The Morgan fingerprint density at radius 2 is 1.85 bits per heavy atom. The highest BCUT2D eigenvalue weighted by atomic mass is 32.1. The predicted octanol–water partition coefficient (Wildman–Crippen LogP) is 4.71. The minimum atomic E-state index is -0.490. The monoisotopic (exact) mass is 286 g/mol. The van der Waals surface area contributed by atoms with Gasteiger partial charge in [0.2, 0.25) is 0 Å². The van der Waals surface area contributed by atoms with Crippen LogP contribution in [0.15, 0.2) is 54.6 Å². The molecule has 0 aliphatic heterocycles. The van der Waals surface area contributed by atoms with Gasteiger partial charge in [-0.2, -0.15) is 0 Å². The summed E-state index contributed by atoms with van der Waals surface area (Å²) in [6.45, 7) is 0. The zero-order chi connectivity index (χ0) is 13.9. The molecule has 1 aromatic heterocycles. The second-order valence-electron chi connectivity index (χ2n) is 4.87. The van der Waals surface area contributed by atoms with Gasteiger partial charge in [-0.05, 0) is 48.1 Å². The summed E-state index contributed by atoms with van der Waals surface area (Å²) in [6, 6.07) is 16.7. The number of aryl methyl sites for hydroxylation is 1. The standard InChI is InChI=1S/C17H15FOS/c18-14-7-9-16-13(10-14)11-17(20-16)15(19)8-6-12-4-2-1-3-5-12/h1-5,7,9-11,15,19H,6,8H2. The smallest absolute Gasteiger partial charge is 0.123 e. The van der Waals surface area contributed by atoms with Crippen LogP contribution >= 0.6 is 11.3 Å². The molecule has 0 aliphatic carbocycles. The number of fused-ring (bicyclic) bond motifs is 1. The molecule has 1 heterocycles. The van der Waals surface area contributed by atoms with Crippen LogP contribution in [0.25, 0.3) is 10.1 Å². The molecular formula is C17H15FOS. The molecule has 0 radical (unpaired) electrons. The fourth-order valence-electron chi connectivity index (χ4n) is 2.29. The predicted molar refractivity (Wildman–Crippen MR) is 81.5 cm³/mol. The minimum absolute atomic E-state index is 0.236. The van der Waals surface area contributed by atoms with E-state index < -0.39 is 6.10 Å². The highest BCUT2D eigenvalue weighted by molar-refractivity contribution is 7.19. The van der Waals surface area contributed by atoms with E-state index in [-0.39, 0.29) is 5.82 Å². The van der Waals surface area contributed by atoms with E-state index in [2.05, 4.69) is 12.1 Å². The average Bonchev–Trinajstić information content (AvgIpc) is 2.89. The molecule has 1 atom stereocenters. The first kappa shape index (κ1) is 13.3. The summed E-state index contributed by atoms with van der Waals surface area (Å²) in [5.41, 5.74) is 1.22. The topological polar surface area (TPSA) is 20.2 Å². The minimum Gasteiger partial charge on any atom is -0.388 e. The molecule has 3 rings (SSSR count). The number of aliphatic hydroxyl groups excluding tert-OH is 1. The second-order valence-corrected chi connectivity index (χ2v) is 5.99. The van der Waals surface area contributed by atoms with Gasteiger partial charge in [-0.15, -0.1) is 11.3 Å². The maximum absolute atomic E-state index is 13.2. The molecule has 3 heteroatoms. The Morgan fingerprint density at radius 3 is 2.65 bits per heavy atom. The molecule has 0 bridgehead atoms. The van der Waals surface area contributed by atoms with E-state index in [4.69, 9.17) is 0 Å². The molecule has 1 unspecified atom stereocenters. The van der Waals surface area contributed by atoms with E-state index in [1.807, 2.05) is 24.3 Å². The van der Waals surface area contributed by atoms with Crippen LogP contribution in [0.3, 0.4) is 0 Å². The van der Waals surface area contributed by atoms with Crippen molar-refractivity contribution in [3.63, 3.8) is 0 Å². The molecule has 0 saturated carbocycles. The van der Waals surface area contributed by atoms with Gasteiger partial charge in [-0.3, -0.25) is 0 Å². The van der Waals surface area contributed by atoms with Crippen molar-refractivity contribution in [2.45, 2.75) is 18.9 Å². The lowest BCUT2D eigenvalue weighted by Gasteiger charge is -2.07. The molecule has 1 nitrogen and oxygen atoms in total. The normalized spacial score (nSPS) is 12.7. The van der Waals surface area contributed by atoms with E-state index >= 15 is 0 Å². The summed E-state index contributed by atoms with van der Waals surface area (Å²) in [7, 11) is 0. The Bertz CT molecular complexity index is 705. The first-order chi connectivity index (χ1) is 9.72. The average molecular weight is 286 g/mol. The van der Waals surface area contributed by atoms with E-state index in [1.165, 1.54) is 29.0 Å². The van der Waals surface area contributed by atoms with Crippen LogP contribution in [-0.2, 0) is 6.42 Å². The fourth-order valence-corrected chi connectivity index (χ4v) is 3.35. The van der Waals surface area contributed by atoms with Gasteiger partial charge >= 0.3 is 0 Å². The van der Waals surface area contributed by atoms with Crippen LogP contribution in [0.1, 0.15) is 23.0 Å². The lowest BCUT2D eigenvalue weighted by molar-refractivity contribution is 0.171. The van der Waals surface area contributed by atoms with Gasteiger partial charge in [0.05, 0.1) is 6.10 Å². The Balaban J connectivity index is 1.73. The molecule has 2 aromatic carbocycles. The van der Waals surface area contributed by atoms with Gasteiger partial charge in [-0.25, -0.2) is 4.39 Å². The Morgan fingerprint density at radius 1 is 1.05 bits per heavy atom. The van der Waals surface area contributed by atoms with E-state index in [9.17, 15) is 9.50 Å². The highest BCUT2D eigenvalue weighted by Crippen LogP contribution is 2.32. The highest BCUT2D eigenvalue weighted by Gasteiger charge is 2.12. The first-order valence-corrected chi connectivity index (χ1v) is 7.45. The first-order valence-electron chi connectivity index (χ1n) is 6.63. The van der Waals surface area contributed by atoms with Crippen LogP contribution in [-0.4, -0.2) is 5.11 Å². The van der Waals surface area contributed by atoms with Gasteiger partial charge in [0, 0.05) is 9.58 Å². The van der Waals surface area contributed by atoms with Crippen molar-refractivity contribution in [1.29, 1.82) is 0 Å². The van der Waals surface area contributed by atoms with Gasteiger partial charge < -0.3 is 5.11 Å². The van der Waals surface area contributed by atoms with Gasteiger partial charge in [-0.1, -0.05) is 30.3 Å². The van der Waals surface area contributed by atoms with E-state index in [0.717, 1.165) is 21.4 Å². The third-order valence-corrected chi connectivity index (χ3v) is 4.59. The van der Waals surface area contributed by atoms with Crippen molar-refractivity contribution < 1.29 is 9.50 Å². The summed E-state index contributed by atoms with van der Waals surface area (Å²) in [4.78, 5) is 0.904. The summed E-state index contributed by atoms with van der Waals surface area (Å²) in [5, 5.41) is 11.1. The SMILES string of the molecule is OC(CCc1ccccc1)c1cc2cc(F)ccc2s1. The van der Waals surface area contributed by atoms with Gasteiger partial charge in [0.15, 0.2) is 0 Å². The Kier molecular flexibility index (Phi) is 3.81. The summed E-state index contributed by atoms with van der Waals surface area (Å²) in [5.74, 6) is -0.236. The molecule has 0 amide bonds. The number of hydrogen-bond acceptors (Lipinski definition) is 2. The molecule has 0 saturated heterocycles. The maximum Gasteiger partial charge on any atom is 0.123 e. The van der Waals surface area contributed by atoms with Crippen LogP contribution in [0, 0.1) is 5.82 Å². The molecule has 20 heavy (non-hydrogen) atoms. The molecule has 102 valence electrons. The third-order valence-electron chi connectivity index (χ3n) is 3.38. The lowest BCUT2D eigenvalue weighted by Crippen LogP contribution is -1.97. The number of thiophene rings is 1. The lowest BCUT2D eigenvalue weighted by atomic mass is 10.1. The van der Waals surface area contributed by atoms with Crippen LogP contribution < -0.4 is 0 Å². The van der Waals surface area contributed by atoms with Crippen LogP contribution in [0.5, 0.6) is 0 Å². The maximum atomic E-state index is 13.2. The van der Waals surface area contributed by atoms with Gasteiger partial charge in [0.25, 0.3) is 0 Å². The summed E-state index contributed by atoms with van der Waals surface area (Å²) in [6.07, 6.45) is 1.03. The van der Waals surface area contributed by atoms with Crippen LogP contribution in [0.2, 0.25) is 0 Å². The zero-order valence-corrected chi connectivity index (χ0v) is 11.7. The summed E-state index contributed by atoms with van der Waals surface area (Å²) < 4.78 is 14.2. The Labute approximate surface area is 121 Å². The van der Waals surface area contributed by atoms with Gasteiger partial charge in [0.1, 0.15) is 5.82 Å². The molecule has 3 aromatic rings. The number of benzene rings is 2. The molecular weight excluding hydrogens is 271 g/mol. The van der Waals surface area contributed by atoms with Crippen molar-refractivity contribution in [3.05, 3.63) is 70.9 Å². The zero-order valence-electron chi connectivity index (χ0n) is 10.9. The van der Waals surface area contributed by atoms with Crippen molar-refractivity contribution in [1.82, 2.24) is 0 Å². The third kappa shape index (κ3) is 2.89. The number of aliphatic hydroxyl groups is 1. The molecule has 0 aliphatic rings. The molecule has 0 spiro atoms. The fraction of sp³-hybridized carbons (Fsp3) is 0.176. The van der Waals surface area contributed by atoms with Crippen molar-refractivity contribution in [3.8, 4) is 0 Å². The van der Waals surface area contributed by atoms with Crippen molar-refractivity contribution >= 4 is 21.4 Å². The van der Waals surface area contributed by atoms with Crippen LogP contribution in [0.4, 0.5) is 4.39 Å². The van der Waals surface area contributed by atoms with Crippen molar-refractivity contribution in [2.24, 2.45) is 0 Å². The number of rotatable bonds is 4.